The second-order valence-corrected chi connectivity index (χ2v) is 7.40. The zero-order chi connectivity index (χ0) is 19.6. The van der Waals surface area contributed by atoms with Crippen LogP contribution in [0.25, 0.3) is 5.76 Å². The van der Waals surface area contributed by atoms with E-state index in [2.05, 4.69) is 15.9 Å². The molecule has 3 rings (SSSR count). The van der Waals surface area contributed by atoms with Crippen LogP contribution in [0.5, 0.6) is 0 Å². The van der Waals surface area contributed by atoms with E-state index in [1.165, 1.54) is 12.0 Å². The summed E-state index contributed by atoms with van der Waals surface area (Å²) in [6.45, 7) is 0.514. The van der Waals surface area contributed by atoms with E-state index >= 15 is 0 Å². The molecule has 1 aliphatic rings. The summed E-state index contributed by atoms with van der Waals surface area (Å²) in [6, 6.07) is 13.0. The number of rotatable bonds is 5. The van der Waals surface area contributed by atoms with Crippen LogP contribution >= 0.6 is 27.5 Å². The molecule has 1 saturated heterocycles. The highest BCUT2D eigenvalue weighted by atomic mass is 79.9. The molecule has 1 amide bonds. The van der Waals surface area contributed by atoms with Crippen LogP contribution in [0.4, 0.5) is 0 Å². The molecule has 1 heterocycles. The third-order valence-electron chi connectivity index (χ3n) is 4.38. The van der Waals surface area contributed by atoms with Crippen LogP contribution in [0.1, 0.15) is 17.2 Å². The van der Waals surface area contributed by atoms with Crippen molar-refractivity contribution in [2.45, 2.75) is 6.04 Å². The highest BCUT2D eigenvalue weighted by Gasteiger charge is 2.45. The number of carbonyl (C=O) groups excluding carboxylic acids is 2. The second-order valence-electron chi connectivity index (χ2n) is 6.04. The highest BCUT2D eigenvalue weighted by Crippen LogP contribution is 2.39. The Balaban J connectivity index is 2.14. The number of amides is 1. The van der Waals surface area contributed by atoms with Crippen LogP contribution in [0.15, 0.2) is 58.6 Å². The van der Waals surface area contributed by atoms with Crippen molar-refractivity contribution in [3.05, 3.63) is 74.7 Å². The number of ketones is 1. The molecule has 140 valence electrons. The van der Waals surface area contributed by atoms with Crippen LogP contribution in [0.3, 0.4) is 0 Å². The fourth-order valence-electron chi connectivity index (χ4n) is 3.06. The molecular weight excluding hydrogens is 434 g/mol. The van der Waals surface area contributed by atoms with Gasteiger partial charge in [-0.1, -0.05) is 39.7 Å². The van der Waals surface area contributed by atoms with E-state index in [0.29, 0.717) is 10.6 Å². The topological polar surface area (TPSA) is 66.8 Å². The molecular formula is C20H17BrClNO4. The summed E-state index contributed by atoms with van der Waals surface area (Å²) in [5.41, 5.74) is 1.20. The van der Waals surface area contributed by atoms with Crippen LogP contribution in [0, 0.1) is 0 Å². The molecule has 2 aromatic rings. The number of methoxy groups -OCH3 is 1. The van der Waals surface area contributed by atoms with Gasteiger partial charge in [0.1, 0.15) is 5.76 Å². The number of aliphatic hydroxyl groups is 1. The van der Waals surface area contributed by atoms with Gasteiger partial charge in [0.15, 0.2) is 0 Å². The van der Waals surface area contributed by atoms with Crippen molar-refractivity contribution in [3.8, 4) is 0 Å². The SMILES string of the molecule is COCCN1C(=O)C(=O)/C(=C(/O)c2ccc(Cl)cc2)C1c1ccc(Br)cc1. The van der Waals surface area contributed by atoms with Gasteiger partial charge < -0.3 is 14.7 Å². The number of aliphatic hydroxyl groups excluding tert-OH is 1. The molecule has 0 spiro atoms. The predicted molar refractivity (Wildman–Crippen MR) is 106 cm³/mol. The summed E-state index contributed by atoms with van der Waals surface area (Å²) in [7, 11) is 1.53. The van der Waals surface area contributed by atoms with Crippen LogP contribution < -0.4 is 0 Å². The standard InChI is InChI=1S/C20H17BrClNO4/c1-27-11-10-23-17(12-2-6-14(21)7-3-12)16(19(25)20(23)26)18(24)13-4-8-15(22)9-5-13/h2-9,17,24H,10-11H2,1H3/b18-16+. The number of Topliss-reactive ketones (excluding diaryl/α,β-unsaturated/α-hetero) is 1. The molecule has 1 unspecified atom stereocenters. The fourth-order valence-corrected chi connectivity index (χ4v) is 3.45. The van der Waals surface area contributed by atoms with Gasteiger partial charge in [0.05, 0.1) is 18.2 Å². The highest BCUT2D eigenvalue weighted by molar-refractivity contribution is 9.10. The minimum atomic E-state index is -0.716. The largest absolute Gasteiger partial charge is 0.507 e. The van der Waals surface area contributed by atoms with Gasteiger partial charge in [-0.05, 0) is 42.0 Å². The van der Waals surface area contributed by atoms with Crippen LogP contribution in [-0.4, -0.2) is 42.0 Å². The van der Waals surface area contributed by atoms with E-state index in [1.807, 2.05) is 24.3 Å². The Morgan fingerprint density at radius 1 is 1.15 bits per heavy atom. The zero-order valence-electron chi connectivity index (χ0n) is 14.5. The Morgan fingerprint density at radius 3 is 2.37 bits per heavy atom. The summed E-state index contributed by atoms with van der Waals surface area (Å²) >= 11 is 9.28. The lowest BCUT2D eigenvalue weighted by Crippen LogP contribution is -2.32. The Bertz CT molecular complexity index is 893. The first-order valence-corrected chi connectivity index (χ1v) is 9.40. The summed E-state index contributed by atoms with van der Waals surface area (Å²) in [6.07, 6.45) is 0. The normalized spacial score (nSPS) is 18.9. The third kappa shape index (κ3) is 3.93. The number of halogens is 2. The summed E-state index contributed by atoms with van der Waals surface area (Å²) in [5, 5.41) is 11.3. The number of ether oxygens (including phenoxy) is 1. The fraction of sp³-hybridized carbons (Fsp3) is 0.200. The van der Waals surface area contributed by atoms with Gasteiger partial charge in [-0.2, -0.15) is 0 Å². The number of hydrogen-bond acceptors (Lipinski definition) is 4. The first-order chi connectivity index (χ1) is 12.9. The minimum absolute atomic E-state index is 0.0562. The van der Waals surface area contributed by atoms with Gasteiger partial charge >= 0.3 is 0 Å². The summed E-state index contributed by atoms with van der Waals surface area (Å²) < 4.78 is 5.95. The molecule has 0 aliphatic carbocycles. The molecule has 0 saturated carbocycles. The van der Waals surface area contributed by atoms with Crippen LogP contribution in [0.2, 0.25) is 5.02 Å². The average Bonchev–Trinajstić information content (AvgIpc) is 2.91. The molecule has 0 aromatic heterocycles. The van der Waals surface area contributed by atoms with E-state index in [1.54, 1.807) is 24.3 Å². The monoisotopic (exact) mass is 449 g/mol. The van der Waals surface area contributed by atoms with Crippen molar-refractivity contribution in [1.82, 2.24) is 4.90 Å². The van der Waals surface area contributed by atoms with Crippen LogP contribution in [-0.2, 0) is 14.3 Å². The van der Waals surface area contributed by atoms with Gasteiger partial charge in [0.25, 0.3) is 11.7 Å². The molecule has 1 aliphatic heterocycles. The van der Waals surface area contributed by atoms with Crippen molar-refractivity contribution in [3.63, 3.8) is 0 Å². The van der Waals surface area contributed by atoms with Crippen molar-refractivity contribution < 1.29 is 19.4 Å². The molecule has 27 heavy (non-hydrogen) atoms. The minimum Gasteiger partial charge on any atom is -0.507 e. The summed E-state index contributed by atoms with van der Waals surface area (Å²) in [5.74, 6) is -1.60. The Labute approximate surface area is 170 Å². The average molecular weight is 451 g/mol. The molecule has 1 atom stereocenters. The third-order valence-corrected chi connectivity index (χ3v) is 5.16. The second kappa shape index (κ2) is 8.25. The smallest absolute Gasteiger partial charge is 0.295 e. The summed E-state index contributed by atoms with van der Waals surface area (Å²) in [4.78, 5) is 26.8. The van der Waals surface area contributed by atoms with E-state index in [9.17, 15) is 14.7 Å². The molecule has 1 N–H and O–H groups in total. The lowest BCUT2D eigenvalue weighted by Gasteiger charge is -2.25. The van der Waals surface area contributed by atoms with Crippen molar-refractivity contribution >= 4 is 45.0 Å². The lowest BCUT2D eigenvalue weighted by molar-refractivity contribution is -0.140. The van der Waals surface area contributed by atoms with Gasteiger partial charge in [0.2, 0.25) is 0 Å². The maximum absolute atomic E-state index is 12.7. The van der Waals surface area contributed by atoms with Crippen molar-refractivity contribution in [2.24, 2.45) is 0 Å². The molecule has 0 radical (unpaired) electrons. The molecule has 1 fully saturated rings. The maximum Gasteiger partial charge on any atom is 0.295 e. The Kier molecular flexibility index (Phi) is 5.99. The Hall–Kier alpha value is -2.15. The van der Waals surface area contributed by atoms with E-state index in [0.717, 1.165) is 10.0 Å². The number of benzene rings is 2. The number of hydrogen-bond donors (Lipinski definition) is 1. The van der Waals surface area contributed by atoms with E-state index < -0.39 is 17.7 Å². The molecule has 2 aromatic carbocycles. The quantitative estimate of drug-likeness (QED) is 0.422. The van der Waals surface area contributed by atoms with E-state index in [-0.39, 0.29) is 24.5 Å². The first-order valence-electron chi connectivity index (χ1n) is 8.22. The number of likely N-dealkylation sites (tertiary alicyclic amines) is 1. The molecule has 7 heteroatoms. The molecule has 5 nitrogen and oxygen atoms in total. The predicted octanol–water partition coefficient (Wildman–Crippen LogP) is 4.17. The number of carbonyl (C=O) groups is 2. The van der Waals surface area contributed by atoms with Crippen molar-refractivity contribution in [2.75, 3.05) is 20.3 Å². The van der Waals surface area contributed by atoms with Gasteiger partial charge in [-0.15, -0.1) is 0 Å². The maximum atomic E-state index is 12.7. The zero-order valence-corrected chi connectivity index (χ0v) is 16.8. The lowest BCUT2D eigenvalue weighted by atomic mass is 9.95. The first kappa shape index (κ1) is 19.6. The van der Waals surface area contributed by atoms with Gasteiger partial charge in [0, 0.05) is 28.7 Å². The van der Waals surface area contributed by atoms with Gasteiger partial charge in [-0.25, -0.2) is 0 Å². The van der Waals surface area contributed by atoms with Crippen molar-refractivity contribution in [1.29, 1.82) is 0 Å². The molecule has 0 bridgehead atoms. The number of nitrogens with zero attached hydrogens (tertiary/aromatic N) is 1. The van der Waals surface area contributed by atoms with E-state index in [4.69, 9.17) is 16.3 Å². The van der Waals surface area contributed by atoms with Gasteiger partial charge in [-0.3, -0.25) is 9.59 Å². The Morgan fingerprint density at radius 2 is 1.78 bits per heavy atom.